The van der Waals surface area contributed by atoms with Crippen LogP contribution >= 0.6 is 0 Å². The van der Waals surface area contributed by atoms with Gasteiger partial charge in [0.15, 0.2) is 0 Å². The average molecular weight is 804 g/mol. The van der Waals surface area contributed by atoms with Crippen molar-refractivity contribution in [2.24, 2.45) is 0 Å². The molecule has 10 aromatic carbocycles. The fourth-order valence-corrected chi connectivity index (χ4v) is 9.92. The molecule has 0 atom stereocenters. The molecule has 294 valence electrons. The number of hydrogen-bond acceptors (Lipinski definition) is 2. The summed E-state index contributed by atoms with van der Waals surface area (Å²) in [5, 5.41) is 11.4. The predicted octanol–water partition coefficient (Wildman–Crippen LogP) is 17.0. The minimum Gasteiger partial charge on any atom is -0.455 e. The van der Waals surface area contributed by atoms with Crippen molar-refractivity contribution in [3.8, 4) is 39.1 Å². The Morgan fingerprint density at radius 1 is 0.254 bits per heavy atom. The molecule has 0 amide bonds. The van der Waals surface area contributed by atoms with Crippen LogP contribution in [0.5, 0.6) is 0 Å². The molecule has 3 nitrogen and oxygen atoms in total. The highest BCUT2D eigenvalue weighted by Crippen LogP contribution is 2.42. The van der Waals surface area contributed by atoms with Crippen LogP contribution in [-0.4, -0.2) is 4.57 Å². The lowest BCUT2D eigenvalue weighted by atomic mass is 9.97. The lowest BCUT2D eigenvalue weighted by Crippen LogP contribution is -1.98. The van der Waals surface area contributed by atoms with Crippen LogP contribution in [0.25, 0.3) is 126 Å². The number of furan rings is 2. The largest absolute Gasteiger partial charge is 0.455 e. The summed E-state index contributed by atoms with van der Waals surface area (Å²) >= 11 is 0. The molecule has 3 heteroatoms. The Bertz CT molecular complexity index is 3800. The zero-order chi connectivity index (χ0) is 41.4. The monoisotopic (exact) mass is 803 g/mol. The highest BCUT2D eigenvalue weighted by molar-refractivity contribution is 6.21. The zero-order valence-electron chi connectivity index (χ0n) is 34.1. The van der Waals surface area contributed by atoms with Gasteiger partial charge in [-0.3, -0.25) is 0 Å². The first-order valence-electron chi connectivity index (χ1n) is 21.5. The van der Waals surface area contributed by atoms with Crippen molar-refractivity contribution in [1.82, 2.24) is 4.57 Å². The van der Waals surface area contributed by atoms with E-state index in [1.165, 1.54) is 21.9 Å². The molecule has 0 aliphatic rings. The van der Waals surface area contributed by atoms with Gasteiger partial charge < -0.3 is 13.4 Å². The molecule has 63 heavy (non-hydrogen) atoms. The molecule has 0 N–H and O–H groups in total. The van der Waals surface area contributed by atoms with E-state index in [0.29, 0.717) is 0 Å². The molecule has 0 radical (unpaired) electrons. The summed E-state index contributed by atoms with van der Waals surface area (Å²) in [7, 11) is 0. The Morgan fingerprint density at radius 2 is 0.635 bits per heavy atom. The van der Waals surface area contributed by atoms with Crippen LogP contribution in [0.3, 0.4) is 0 Å². The van der Waals surface area contributed by atoms with Crippen LogP contribution in [0, 0.1) is 0 Å². The second kappa shape index (κ2) is 14.1. The Balaban J connectivity index is 1.18. The van der Waals surface area contributed by atoms with Crippen molar-refractivity contribution >= 4 is 87.2 Å². The minimum absolute atomic E-state index is 0.891. The lowest BCUT2D eigenvalue weighted by Gasteiger charge is -2.16. The van der Waals surface area contributed by atoms with Gasteiger partial charge in [0, 0.05) is 49.1 Å². The molecule has 0 spiro atoms. The van der Waals surface area contributed by atoms with E-state index < -0.39 is 0 Å². The van der Waals surface area contributed by atoms with E-state index in [1.54, 1.807) is 0 Å². The molecular formula is C60H37NO2. The Hall–Kier alpha value is -8.40. The molecular weight excluding hydrogens is 767 g/mol. The number of nitrogens with zero attached hydrogens (tertiary/aromatic N) is 1. The van der Waals surface area contributed by atoms with E-state index in [2.05, 4.69) is 217 Å². The number of rotatable bonds is 4. The molecule has 0 fully saturated rings. The SMILES string of the molecule is c1ccc(-c2ccc(-n3c4ccc(-c5cccc6c5oc5ccccc56)cc4c4ccccc4c4ccccc4c4cc(-c5cccc6c5oc5ccccc56)ccc43)cc2)cc1. The third-order valence-corrected chi connectivity index (χ3v) is 12.9. The summed E-state index contributed by atoms with van der Waals surface area (Å²) in [4.78, 5) is 0. The first kappa shape index (κ1) is 35.4. The van der Waals surface area contributed by atoms with E-state index in [4.69, 9.17) is 8.83 Å². The molecule has 3 aromatic heterocycles. The van der Waals surface area contributed by atoms with Crippen molar-refractivity contribution in [1.29, 1.82) is 0 Å². The molecule has 0 aliphatic carbocycles. The summed E-state index contributed by atoms with van der Waals surface area (Å²) in [6.45, 7) is 0. The van der Waals surface area contributed by atoms with Crippen LogP contribution in [0.15, 0.2) is 233 Å². The zero-order valence-corrected chi connectivity index (χ0v) is 34.1. The number of para-hydroxylation sites is 4. The molecule has 0 bridgehead atoms. The predicted molar refractivity (Wildman–Crippen MR) is 264 cm³/mol. The number of hydrogen-bond donors (Lipinski definition) is 0. The summed E-state index contributed by atoms with van der Waals surface area (Å²) in [5.74, 6) is 0. The van der Waals surface area contributed by atoms with Crippen LogP contribution in [-0.2, 0) is 0 Å². The normalized spacial score (nSPS) is 11.8. The van der Waals surface area contributed by atoms with Crippen molar-refractivity contribution in [2.75, 3.05) is 0 Å². The van der Waals surface area contributed by atoms with Crippen LogP contribution < -0.4 is 0 Å². The van der Waals surface area contributed by atoms with Gasteiger partial charge in [0.2, 0.25) is 0 Å². The van der Waals surface area contributed by atoms with Gasteiger partial charge in [-0.15, -0.1) is 0 Å². The molecule has 0 aliphatic heterocycles. The summed E-state index contributed by atoms with van der Waals surface area (Å²) < 4.78 is 15.7. The van der Waals surface area contributed by atoms with E-state index in [1.807, 2.05) is 12.1 Å². The molecule has 0 unspecified atom stereocenters. The first-order chi connectivity index (χ1) is 31.2. The first-order valence-corrected chi connectivity index (χ1v) is 21.5. The van der Waals surface area contributed by atoms with Gasteiger partial charge in [0.1, 0.15) is 22.3 Å². The topological polar surface area (TPSA) is 31.2 Å². The Labute approximate surface area is 362 Å². The molecule has 0 saturated carbocycles. The highest BCUT2D eigenvalue weighted by Gasteiger charge is 2.18. The maximum atomic E-state index is 6.62. The van der Waals surface area contributed by atoms with Crippen LogP contribution in [0.1, 0.15) is 0 Å². The minimum atomic E-state index is 0.891. The highest BCUT2D eigenvalue weighted by atomic mass is 16.3. The fraction of sp³-hybridized carbons (Fsp3) is 0. The maximum absolute atomic E-state index is 6.62. The molecule has 0 saturated heterocycles. The van der Waals surface area contributed by atoms with Crippen molar-refractivity contribution < 1.29 is 8.83 Å². The van der Waals surface area contributed by atoms with Crippen LogP contribution in [0.4, 0.5) is 0 Å². The average Bonchev–Trinajstić information content (AvgIpc) is 3.94. The fourth-order valence-electron chi connectivity index (χ4n) is 9.92. The van der Waals surface area contributed by atoms with Gasteiger partial charge in [-0.1, -0.05) is 176 Å². The Kier molecular flexibility index (Phi) is 7.91. The van der Waals surface area contributed by atoms with E-state index >= 15 is 0 Å². The summed E-state index contributed by atoms with van der Waals surface area (Å²) in [6, 6.07) is 80.8. The molecule has 13 rings (SSSR count). The van der Waals surface area contributed by atoms with Crippen molar-refractivity contribution in [3.63, 3.8) is 0 Å². The number of fused-ring (bicyclic) bond motifs is 13. The van der Waals surface area contributed by atoms with Gasteiger partial charge in [0.25, 0.3) is 0 Å². The molecule has 13 aromatic rings. The van der Waals surface area contributed by atoms with Gasteiger partial charge in [-0.05, 0) is 92.3 Å². The summed E-state index contributed by atoms with van der Waals surface area (Å²) in [5.41, 5.74) is 13.5. The van der Waals surface area contributed by atoms with Crippen molar-refractivity contribution in [2.45, 2.75) is 0 Å². The van der Waals surface area contributed by atoms with Crippen LogP contribution in [0.2, 0.25) is 0 Å². The van der Waals surface area contributed by atoms with Gasteiger partial charge >= 0.3 is 0 Å². The Morgan fingerprint density at radius 3 is 1.13 bits per heavy atom. The van der Waals surface area contributed by atoms with Gasteiger partial charge in [-0.25, -0.2) is 0 Å². The van der Waals surface area contributed by atoms with E-state index in [9.17, 15) is 0 Å². The quantitative estimate of drug-likeness (QED) is 0.177. The van der Waals surface area contributed by atoms with E-state index in [0.717, 1.165) is 104 Å². The van der Waals surface area contributed by atoms with Crippen molar-refractivity contribution in [3.05, 3.63) is 224 Å². The summed E-state index contributed by atoms with van der Waals surface area (Å²) in [6.07, 6.45) is 0. The third kappa shape index (κ3) is 5.60. The second-order valence-electron chi connectivity index (χ2n) is 16.4. The van der Waals surface area contributed by atoms with Gasteiger partial charge in [0.05, 0.1) is 11.0 Å². The number of aromatic nitrogens is 1. The second-order valence-corrected chi connectivity index (χ2v) is 16.4. The smallest absolute Gasteiger partial charge is 0.143 e. The maximum Gasteiger partial charge on any atom is 0.143 e. The third-order valence-electron chi connectivity index (χ3n) is 12.9. The van der Waals surface area contributed by atoms with E-state index in [-0.39, 0.29) is 0 Å². The number of benzene rings is 10. The standard InChI is InChI=1S/C60H37NO2/c1-2-14-38(15-3-1)39-28-32-42(33-29-39)61-55-34-30-40(43-22-12-24-51-49-20-8-10-26-57(49)62-59(43)51)36-53(55)47-18-6-4-16-45(47)46-17-5-7-19-48(46)54-37-41(31-35-56(54)61)44-23-13-25-52-50-21-9-11-27-58(50)63-60(44)52/h1-37H. The lowest BCUT2D eigenvalue weighted by molar-refractivity contribution is 0.669. The molecule has 3 heterocycles. The van der Waals surface area contributed by atoms with Gasteiger partial charge in [-0.2, -0.15) is 0 Å².